The van der Waals surface area contributed by atoms with E-state index in [1.54, 1.807) is 12.1 Å². The van der Waals surface area contributed by atoms with Crippen molar-refractivity contribution in [3.8, 4) is 6.07 Å². The molecule has 88 valence electrons. The van der Waals surface area contributed by atoms with Gasteiger partial charge in [-0.25, -0.2) is 4.39 Å². The van der Waals surface area contributed by atoms with E-state index in [0.717, 1.165) is 6.42 Å². The van der Waals surface area contributed by atoms with Crippen LogP contribution in [0.25, 0.3) is 0 Å². The molecule has 0 saturated heterocycles. The molecule has 17 heavy (non-hydrogen) atoms. The highest BCUT2D eigenvalue weighted by Gasteiger charge is 2.42. The lowest BCUT2D eigenvalue weighted by Gasteiger charge is -2.19. The third-order valence-corrected chi connectivity index (χ3v) is 4.17. The number of hydrogen-bond acceptors (Lipinski definition) is 2. The van der Waals surface area contributed by atoms with Crippen LogP contribution in [0, 0.1) is 22.6 Å². The van der Waals surface area contributed by atoms with Crippen molar-refractivity contribution in [2.75, 3.05) is 0 Å². The Kier molecular flexibility index (Phi) is 3.30. The summed E-state index contributed by atoms with van der Waals surface area (Å²) in [5, 5.41) is 9.23. The van der Waals surface area contributed by atoms with Crippen molar-refractivity contribution < 1.29 is 9.18 Å². The van der Waals surface area contributed by atoms with Gasteiger partial charge in [0.05, 0.1) is 10.5 Å². The summed E-state index contributed by atoms with van der Waals surface area (Å²) < 4.78 is 13.7. The molecule has 1 aliphatic rings. The van der Waals surface area contributed by atoms with Gasteiger partial charge in [-0.05, 0) is 46.8 Å². The van der Waals surface area contributed by atoms with Crippen LogP contribution in [0.2, 0.25) is 0 Å². The Hall–Kier alpha value is -1.21. The van der Waals surface area contributed by atoms with Crippen LogP contribution in [0.3, 0.4) is 0 Å². The Labute approximate surface area is 108 Å². The number of halogens is 2. The second-order valence-electron chi connectivity index (χ2n) is 4.36. The summed E-state index contributed by atoms with van der Waals surface area (Å²) in [4.78, 5) is 11.8. The zero-order valence-corrected chi connectivity index (χ0v) is 10.8. The maximum Gasteiger partial charge on any atom is 0.153 e. The Morgan fingerprint density at radius 3 is 2.88 bits per heavy atom. The van der Waals surface area contributed by atoms with E-state index in [1.807, 2.05) is 0 Å². The van der Waals surface area contributed by atoms with Gasteiger partial charge in [-0.2, -0.15) is 5.26 Å². The Morgan fingerprint density at radius 2 is 2.29 bits per heavy atom. The molecule has 4 heteroatoms. The third-order valence-electron chi connectivity index (χ3n) is 3.28. The Morgan fingerprint density at radius 1 is 1.53 bits per heavy atom. The van der Waals surface area contributed by atoms with Gasteiger partial charge in [-0.15, -0.1) is 0 Å². The average Bonchev–Trinajstić information content (AvgIpc) is 2.67. The first-order valence-corrected chi connectivity index (χ1v) is 6.26. The van der Waals surface area contributed by atoms with Crippen molar-refractivity contribution in [3.05, 3.63) is 34.1 Å². The molecule has 2 nitrogen and oxygen atoms in total. The first-order chi connectivity index (χ1) is 8.09. The van der Waals surface area contributed by atoms with Crippen molar-refractivity contribution in [3.63, 3.8) is 0 Å². The molecule has 1 aromatic rings. The molecule has 1 fully saturated rings. The smallest absolute Gasteiger partial charge is 0.153 e. The molecule has 2 rings (SSSR count). The Balaban J connectivity index is 2.35. The van der Waals surface area contributed by atoms with Gasteiger partial charge in [0.2, 0.25) is 0 Å². The molecule has 1 aliphatic carbocycles. The van der Waals surface area contributed by atoms with Crippen LogP contribution in [-0.4, -0.2) is 5.78 Å². The maximum atomic E-state index is 13.4. The summed E-state index contributed by atoms with van der Waals surface area (Å²) in [6, 6.07) is 6.82. The molecule has 0 radical (unpaired) electrons. The highest BCUT2D eigenvalue weighted by molar-refractivity contribution is 9.10. The molecule has 1 aromatic carbocycles. The molecule has 0 spiro atoms. The van der Waals surface area contributed by atoms with Gasteiger partial charge in [-0.1, -0.05) is 12.1 Å². The Bertz CT molecular complexity index is 509. The van der Waals surface area contributed by atoms with Crippen molar-refractivity contribution in [1.29, 1.82) is 5.26 Å². The maximum absolute atomic E-state index is 13.4. The van der Waals surface area contributed by atoms with E-state index in [1.165, 1.54) is 6.07 Å². The van der Waals surface area contributed by atoms with Gasteiger partial charge in [0.25, 0.3) is 0 Å². The lowest BCUT2D eigenvalue weighted by molar-refractivity contribution is -0.123. The average molecular weight is 296 g/mol. The molecule has 0 N–H and O–H groups in total. The fourth-order valence-electron chi connectivity index (χ4n) is 2.28. The number of nitriles is 1. The standard InChI is InChI=1S/C13H11BrFNO/c14-12-9(3-1-4-10(12)15)7-13(8-16)6-2-5-11(13)17/h1,3-4H,2,5-7H2. The summed E-state index contributed by atoms with van der Waals surface area (Å²) in [7, 11) is 0. The number of Topliss-reactive ketones (excluding diaryl/α,β-unsaturated/α-hetero) is 1. The molecule has 0 aliphatic heterocycles. The largest absolute Gasteiger partial charge is 0.298 e. The van der Waals surface area contributed by atoms with Crippen molar-refractivity contribution >= 4 is 21.7 Å². The second kappa shape index (κ2) is 4.58. The van der Waals surface area contributed by atoms with Crippen LogP contribution in [0.15, 0.2) is 22.7 Å². The van der Waals surface area contributed by atoms with Crippen molar-refractivity contribution in [2.45, 2.75) is 25.7 Å². The van der Waals surface area contributed by atoms with Crippen LogP contribution in [0.1, 0.15) is 24.8 Å². The normalized spacial score (nSPS) is 23.7. The SMILES string of the molecule is N#CC1(Cc2cccc(F)c2Br)CCCC1=O. The van der Waals surface area contributed by atoms with Gasteiger partial charge in [0.15, 0.2) is 5.78 Å². The highest BCUT2D eigenvalue weighted by atomic mass is 79.9. The first-order valence-electron chi connectivity index (χ1n) is 5.46. The van der Waals surface area contributed by atoms with E-state index in [-0.39, 0.29) is 11.6 Å². The van der Waals surface area contributed by atoms with Crippen LogP contribution in [0.4, 0.5) is 4.39 Å². The van der Waals surface area contributed by atoms with Crippen LogP contribution in [-0.2, 0) is 11.2 Å². The van der Waals surface area contributed by atoms with E-state index in [2.05, 4.69) is 22.0 Å². The topological polar surface area (TPSA) is 40.9 Å². The number of rotatable bonds is 2. The molecular weight excluding hydrogens is 285 g/mol. The number of benzene rings is 1. The molecule has 0 bridgehead atoms. The number of ketones is 1. The third kappa shape index (κ3) is 2.12. The summed E-state index contributed by atoms with van der Waals surface area (Å²) in [5.41, 5.74) is -0.266. The lowest BCUT2D eigenvalue weighted by Crippen LogP contribution is -2.26. The first kappa shape index (κ1) is 12.3. The summed E-state index contributed by atoms with van der Waals surface area (Å²) in [6.45, 7) is 0. The van der Waals surface area contributed by atoms with Crippen molar-refractivity contribution in [2.24, 2.45) is 5.41 Å². The molecular formula is C13H11BrFNO. The molecule has 1 saturated carbocycles. The fourth-order valence-corrected chi connectivity index (χ4v) is 2.69. The van der Waals surface area contributed by atoms with E-state index >= 15 is 0 Å². The monoisotopic (exact) mass is 295 g/mol. The van der Waals surface area contributed by atoms with Gasteiger partial charge in [0.1, 0.15) is 11.2 Å². The van der Waals surface area contributed by atoms with E-state index < -0.39 is 5.41 Å². The molecule has 0 heterocycles. The van der Waals surface area contributed by atoms with E-state index in [9.17, 15) is 14.4 Å². The molecule has 0 amide bonds. The zero-order chi connectivity index (χ0) is 12.5. The summed E-state index contributed by atoms with van der Waals surface area (Å²) in [5.74, 6) is -0.378. The minimum atomic E-state index is -0.948. The van der Waals surface area contributed by atoms with Crippen LogP contribution < -0.4 is 0 Å². The van der Waals surface area contributed by atoms with Gasteiger partial charge in [0, 0.05) is 6.42 Å². The van der Waals surface area contributed by atoms with E-state index in [0.29, 0.717) is 29.3 Å². The fraction of sp³-hybridized carbons (Fsp3) is 0.385. The molecule has 0 aromatic heterocycles. The quantitative estimate of drug-likeness (QED) is 0.839. The zero-order valence-electron chi connectivity index (χ0n) is 9.17. The predicted octanol–water partition coefficient (Wildman–Crippen LogP) is 3.39. The lowest BCUT2D eigenvalue weighted by atomic mass is 9.81. The van der Waals surface area contributed by atoms with Crippen LogP contribution in [0.5, 0.6) is 0 Å². The predicted molar refractivity (Wildman–Crippen MR) is 64.7 cm³/mol. The molecule has 1 unspecified atom stereocenters. The van der Waals surface area contributed by atoms with Crippen molar-refractivity contribution in [1.82, 2.24) is 0 Å². The summed E-state index contributed by atoms with van der Waals surface area (Å²) >= 11 is 3.17. The van der Waals surface area contributed by atoms with Gasteiger partial charge < -0.3 is 0 Å². The van der Waals surface area contributed by atoms with Crippen LogP contribution >= 0.6 is 15.9 Å². The van der Waals surface area contributed by atoms with Gasteiger partial charge >= 0.3 is 0 Å². The number of hydrogen-bond donors (Lipinski definition) is 0. The van der Waals surface area contributed by atoms with E-state index in [4.69, 9.17) is 0 Å². The van der Waals surface area contributed by atoms with Gasteiger partial charge in [-0.3, -0.25) is 4.79 Å². The second-order valence-corrected chi connectivity index (χ2v) is 5.15. The number of carbonyl (C=O) groups is 1. The molecule has 1 atom stereocenters. The highest BCUT2D eigenvalue weighted by Crippen LogP contribution is 2.39. The number of carbonyl (C=O) groups excluding carboxylic acids is 1. The summed E-state index contributed by atoms with van der Waals surface area (Å²) in [6.07, 6.45) is 2.08. The minimum Gasteiger partial charge on any atom is -0.298 e. The minimum absolute atomic E-state index is 0.0174. The number of nitrogens with zero attached hydrogens (tertiary/aromatic N) is 1.